The SMILES string of the molecule is COc1cc(CNCCCNCCO)c(Br)cc1OCc1ccc(F)cc1. The maximum absolute atomic E-state index is 13.0. The minimum absolute atomic E-state index is 0.162. The second-order valence-electron chi connectivity index (χ2n) is 6.01. The van der Waals surface area contributed by atoms with Gasteiger partial charge in [0.05, 0.1) is 13.7 Å². The van der Waals surface area contributed by atoms with Crippen LogP contribution in [0.3, 0.4) is 0 Å². The molecule has 5 nitrogen and oxygen atoms in total. The molecule has 0 heterocycles. The normalized spacial score (nSPS) is 10.8. The van der Waals surface area contributed by atoms with Crippen molar-refractivity contribution in [3.05, 3.63) is 57.8 Å². The van der Waals surface area contributed by atoms with Gasteiger partial charge in [0.15, 0.2) is 11.5 Å². The summed E-state index contributed by atoms with van der Waals surface area (Å²) in [6.07, 6.45) is 0.980. The number of rotatable bonds is 12. The summed E-state index contributed by atoms with van der Waals surface area (Å²) in [6, 6.07) is 10.1. The molecule has 0 spiro atoms. The Kier molecular flexibility index (Phi) is 9.55. The van der Waals surface area contributed by atoms with Crippen LogP contribution in [0.4, 0.5) is 4.39 Å². The molecule has 3 N–H and O–H groups in total. The van der Waals surface area contributed by atoms with E-state index in [-0.39, 0.29) is 12.4 Å². The quantitative estimate of drug-likeness (QED) is 0.442. The van der Waals surface area contributed by atoms with Gasteiger partial charge >= 0.3 is 0 Å². The summed E-state index contributed by atoms with van der Waals surface area (Å²) >= 11 is 3.58. The van der Waals surface area contributed by atoms with E-state index in [1.807, 2.05) is 12.1 Å². The Bertz CT molecular complexity index is 698. The minimum Gasteiger partial charge on any atom is -0.493 e. The molecule has 0 aromatic heterocycles. The van der Waals surface area contributed by atoms with Crippen molar-refractivity contribution in [2.45, 2.75) is 19.6 Å². The van der Waals surface area contributed by atoms with Crippen LogP contribution in [0.5, 0.6) is 11.5 Å². The number of ether oxygens (including phenoxy) is 2. The molecular weight excluding hydrogens is 415 g/mol. The molecule has 7 heteroatoms. The number of nitrogens with one attached hydrogen (secondary N) is 2. The second kappa shape index (κ2) is 11.9. The lowest BCUT2D eigenvalue weighted by molar-refractivity contribution is 0.284. The smallest absolute Gasteiger partial charge is 0.162 e. The first-order valence-corrected chi connectivity index (χ1v) is 9.69. The molecule has 0 amide bonds. The monoisotopic (exact) mass is 440 g/mol. The van der Waals surface area contributed by atoms with E-state index in [4.69, 9.17) is 14.6 Å². The Labute approximate surface area is 168 Å². The lowest BCUT2D eigenvalue weighted by Gasteiger charge is -2.14. The van der Waals surface area contributed by atoms with Gasteiger partial charge in [-0.05, 0) is 54.9 Å². The molecule has 0 aliphatic heterocycles. The first-order valence-electron chi connectivity index (χ1n) is 8.90. The van der Waals surface area contributed by atoms with E-state index in [0.29, 0.717) is 31.2 Å². The predicted molar refractivity (Wildman–Crippen MR) is 108 cm³/mol. The van der Waals surface area contributed by atoms with Gasteiger partial charge in [0.2, 0.25) is 0 Å². The van der Waals surface area contributed by atoms with Gasteiger partial charge in [-0.2, -0.15) is 0 Å². The third-order valence-corrected chi connectivity index (χ3v) is 4.69. The third kappa shape index (κ3) is 7.46. The van der Waals surface area contributed by atoms with Gasteiger partial charge in [-0.3, -0.25) is 0 Å². The van der Waals surface area contributed by atoms with Crippen molar-refractivity contribution in [2.24, 2.45) is 0 Å². The van der Waals surface area contributed by atoms with E-state index in [2.05, 4.69) is 26.6 Å². The van der Waals surface area contributed by atoms with Crippen LogP contribution in [0.1, 0.15) is 17.5 Å². The number of halogens is 2. The van der Waals surface area contributed by atoms with Crippen LogP contribution >= 0.6 is 15.9 Å². The molecule has 0 aliphatic carbocycles. The average molecular weight is 441 g/mol. The summed E-state index contributed by atoms with van der Waals surface area (Å²) in [5.74, 6) is 1.02. The van der Waals surface area contributed by atoms with Crippen molar-refractivity contribution in [1.82, 2.24) is 10.6 Å². The maximum atomic E-state index is 13.0. The van der Waals surface area contributed by atoms with Crippen LogP contribution in [0, 0.1) is 5.82 Å². The number of aliphatic hydroxyl groups excluding tert-OH is 1. The molecule has 2 aromatic rings. The summed E-state index contributed by atoms with van der Waals surface area (Å²) in [6.45, 7) is 3.57. The molecule has 2 aromatic carbocycles. The lowest BCUT2D eigenvalue weighted by atomic mass is 10.2. The van der Waals surface area contributed by atoms with Crippen molar-refractivity contribution in [3.8, 4) is 11.5 Å². The van der Waals surface area contributed by atoms with E-state index in [1.165, 1.54) is 12.1 Å². The predicted octanol–water partition coefficient (Wildman–Crippen LogP) is 3.24. The van der Waals surface area contributed by atoms with E-state index < -0.39 is 0 Å². The zero-order valence-corrected chi connectivity index (χ0v) is 17.0. The topological polar surface area (TPSA) is 62.8 Å². The van der Waals surface area contributed by atoms with Gasteiger partial charge in [-0.25, -0.2) is 4.39 Å². The van der Waals surface area contributed by atoms with E-state index >= 15 is 0 Å². The Morgan fingerprint density at radius 2 is 1.78 bits per heavy atom. The molecule has 0 radical (unpaired) electrons. The van der Waals surface area contributed by atoms with Crippen molar-refractivity contribution in [3.63, 3.8) is 0 Å². The Hall–Kier alpha value is -1.67. The highest BCUT2D eigenvalue weighted by atomic mass is 79.9. The van der Waals surface area contributed by atoms with Crippen molar-refractivity contribution >= 4 is 15.9 Å². The fourth-order valence-corrected chi connectivity index (χ4v) is 2.95. The van der Waals surface area contributed by atoms with Crippen LogP contribution in [-0.2, 0) is 13.2 Å². The average Bonchev–Trinajstić information content (AvgIpc) is 2.68. The van der Waals surface area contributed by atoms with Crippen LogP contribution in [0.2, 0.25) is 0 Å². The van der Waals surface area contributed by atoms with E-state index in [0.717, 1.165) is 35.1 Å². The van der Waals surface area contributed by atoms with E-state index in [1.54, 1.807) is 19.2 Å². The third-order valence-electron chi connectivity index (χ3n) is 3.95. The molecule has 27 heavy (non-hydrogen) atoms. The number of aliphatic hydroxyl groups is 1. The highest BCUT2D eigenvalue weighted by Gasteiger charge is 2.10. The summed E-state index contributed by atoms with van der Waals surface area (Å²) in [5.41, 5.74) is 1.96. The largest absolute Gasteiger partial charge is 0.493 e. The van der Waals surface area contributed by atoms with Crippen molar-refractivity contribution < 1.29 is 19.0 Å². The number of benzene rings is 2. The van der Waals surface area contributed by atoms with Crippen LogP contribution in [-0.4, -0.2) is 38.5 Å². The zero-order chi connectivity index (χ0) is 19.5. The Morgan fingerprint density at radius 1 is 1.04 bits per heavy atom. The maximum Gasteiger partial charge on any atom is 0.162 e. The highest BCUT2D eigenvalue weighted by molar-refractivity contribution is 9.10. The van der Waals surface area contributed by atoms with Gasteiger partial charge in [0, 0.05) is 17.6 Å². The fraction of sp³-hybridized carbons (Fsp3) is 0.400. The Morgan fingerprint density at radius 3 is 2.48 bits per heavy atom. The second-order valence-corrected chi connectivity index (χ2v) is 6.87. The molecule has 148 valence electrons. The minimum atomic E-state index is -0.264. The highest BCUT2D eigenvalue weighted by Crippen LogP contribution is 2.34. The molecule has 2 rings (SSSR count). The molecule has 0 saturated heterocycles. The molecule has 0 fully saturated rings. The summed E-state index contributed by atoms with van der Waals surface area (Å²) < 4.78 is 25.2. The Balaban J connectivity index is 1.88. The van der Waals surface area contributed by atoms with Crippen molar-refractivity contribution in [1.29, 1.82) is 0 Å². The molecule has 0 aliphatic rings. The van der Waals surface area contributed by atoms with Gasteiger partial charge in [-0.1, -0.05) is 28.1 Å². The molecular formula is C20H26BrFN2O3. The summed E-state index contributed by atoms with van der Waals surface area (Å²) in [7, 11) is 1.61. The first-order chi connectivity index (χ1) is 13.1. The molecule has 0 unspecified atom stereocenters. The zero-order valence-electron chi connectivity index (χ0n) is 15.4. The van der Waals surface area contributed by atoms with Crippen LogP contribution in [0.25, 0.3) is 0 Å². The lowest BCUT2D eigenvalue weighted by Crippen LogP contribution is -2.24. The van der Waals surface area contributed by atoms with E-state index in [9.17, 15) is 4.39 Å². The molecule has 0 saturated carbocycles. The molecule has 0 atom stereocenters. The fourth-order valence-electron chi connectivity index (χ4n) is 2.49. The van der Waals surface area contributed by atoms with Gasteiger partial charge in [0.1, 0.15) is 12.4 Å². The first kappa shape index (κ1) is 21.6. The van der Waals surface area contributed by atoms with Gasteiger partial charge in [-0.15, -0.1) is 0 Å². The summed E-state index contributed by atoms with van der Waals surface area (Å²) in [5, 5.41) is 15.2. The van der Waals surface area contributed by atoms with Gasteiger partial charge in [0.25, 0.3) is 0 Å². The number of hydrogen-bond acceptors (Lipinski definition) is 5. The van der Waals surface area contributed by atoms with Crippen LogP contribution < -0.4 is 20.1 Å². The number of hydrogen-bond donors (Lipinski definition) is 3. The van der Waals surface area contributed by atoms with Crippen molar-refractivity contribution in [2.75, 3.05) is 33.4 Å². The van der Waals surface area contributed by atoms with Gasteiger partial charge < -0.3 is 25.2 Å². The standard InChI is InChI=1S/C20H26BrFN2O3/c1-26-19-11-16(13-24-8-2-7-23-9-10-25)18(21)12-20(19)27-14-15-3-5-17(22)6-4-15/h3-6,11-12,23-25H,2,7-10,13-14H2,1H3. The molecule has 0 bridgehead atoms. The van der Waals surface area contributed by atoms with Crippen LogP contribution in [0.15, 0.2) is 40.9 Å². The summed E-state index contributed by atoms with van der Waals surface area (Å²) in [4.78, 5) is 0. The number of methoxy groups -OCH3 is 1.